The fourth-order valence-corrected chi connectivity index (χ4v) is 2.50. The highest BCUT2D eigenvalue weighted by molar-refractivity contribution is 4.95. The molecular formula is C10H18O3. The average Bonchev–Trinajstić information content (AvgIpc) is 2.44. The molecule has 0 aromatic rings. The second kappa shape index (κ2) is 3.56. The van der Waals surface area contributed by atoms with E-state index >= 15 is 0 Å². The lowest BCUT2D eigenvalue weighted by molar-refractivity contribution is -0.117. The molecular weight excluding hydrogens is 168 g/mol. The standard InChI is InChI=1S/C10H18O3/c1-3-12-9-5-8-7(11)4-6(2)10(9)13-8/h6-11H,3-5H2,1-2H3. The molecule has 2 rings (SSSR count). The number of fused-ring (bicyclic) bond motifs is 2. The van der Waals surface area contributed by atoms with Gasteiger partial charge in [-0.1, -0.05) is 6.92 Å². The third kappa shape index (κ3) is 1.60. The van der Waals surface area contributed by atoms with Gasteiger partial charge in [0.1, 0.15) is 0 Å². The SMILES string of the molecule is CCOC1CC2OC1C(C)CC2O. The Bertz CT molecular complexity index is 183. The molecule has 2 fully saturated rings. The highest BCUT2D eigenvalue weighted by Gasteiger charge is 2.46. The Morgan fingerprint density at radius 3 is 2.92 bits per heavy atom. The number of aliphatic hydroxyl groups excluding tert-OH is 1. The Morgan fingerprint density at radius 2 is 2.23 bits per heavy atom. The lowest BCUT2D eigenvalue weighted by atomic mass is 9.95. The molecule has 0 radical (unpaired) electrons. The largest absolute Gasteiger partial charge is 0.390 e. The molecule has 5 unspecified atom stereocenters. The third-order valence-corrected chi connectivity index (χ3v) is 3.15. The van der Waals surface area contributed by atoms with Crippen LogP contribution in [-0.4, -0.2) is 36.1 Å². The molecule has 0 spiro atoms. The van der Waals surface area contributed by atoms with Gasteiger partial charge in [-0.25, -0.2) is 0 Å². The van der Waals surface area contributed by atoms with E-state index in [2.05, 4.69) is 6.92 Å². The van der Waals surface area contributed by atoms with Gasteiger partial charge >= 0.3 is 0 Å². The first kappa shape index (κ1) is 9.44. The fraction of sp³-hybridized carbons (Fsp3) is 1.00. The van der Waals surface area contributed by atoms with E-state index in [1.165, 1.54) is 0 Å². The normalized spacial score (nSPS) is 49.6. The van der Waals surface area contributed by atoms with Gasteiger partial charge in [-0.2, -0.15) is 0 Å². The van der Waals surface area contributed by atoms with Gasteiger partial charge in [0.2, 0.25) is 0 Å². The monoisotopic (exact) mass is 186 g/mol. The second-order valence-corrected chi connectivity index (χ2v) is 4.15. The number of hydrogen-bond donors (Lipinski definition) is 1. The topological polar surface area (TPSA) is 38.7 Å². The van der Waals surface area contributed by atoms with Crippen LogP contribution < -0.4 is 0 Å². The van der Waals surface area contributed by atoms with Crippen LogP contribution in [0.1, 0.15) is 26.7 Å². The van der Waals surface area contributed by atoms with Crippen molar-refractivity contribution in [3.05, 3.63) is 0 Å². The first-order valence-corrected chi connectivity index (χ1v) is 5.17. The quantitative estimate of drug-likeness (QED) is 0.698. The van der Waals surface area contributed by atoms with Crippen molar-refractivity contribution in [3.8, 4) is 0 Å². The highest BCUT2D eigenvalue weighted by Crippen LogP contribution is 2.37. The summed E-state index contributed by atoms with van der Waals surface area (Å²) in [6, 6.07) is 0. The van der Waals surface area contributed by atoms with E-state index in [9.17, 15) is 5.11 Å². The zero-order valence-electron chi connectivity index (χ0n) is 8.27. The van der Waals surface area contributed by atoms with E-state index in [0.29, 0.717) is 5.92 Å². The Hall–Kier alpha value is -0.120. The molecule has 0 amide bonds. The first-order valence-electron chi connectivity index (χ1n) is 5.17. The van der Waals surface area contributed by atoms with Crippen molar-refractivity contribution in [2.75, 3.05) is 6.61 Å². The molecule has 76 valence electrons. The summed E-state index contributed by atoms with van der Waals surface area (Å²) < 4.78 is 11.3. The van der Waals surface area contributed by atoms with Crippen molar-refractivity contribution in [1.29, 1.82) is 0 Å². The molecule has 2 heterocycles. The molecule has 13 heavy (non-hydrogen) atoms. The van der Waals surface area contributed by atoms with Crippen LogP contribution in [0.3, 0.4) is 0 Å². The molecule has 5 atom stereocenters. The summed E-state index contributed by atoms with van der Waals surface area (Å²) in [5, 5.41) is 9.67. The van der Waals surface area contributed by atoms with E-state index in [1.807, 2.05) is 6.92 Å². The van der Waals surface area contributed by atoms with Gasteiger partial charge < -0.3 is 14.6 Å². The summed E-state index contributed by atoms with van der Waals surface area (Å²) in [5.41, 5.74) is 0. The molecule has 2 saturated heterocycles. The van der Waals surface area contributed by atoms with Gasteiger partial charge in [0.05, 0.1) is 24.4 Å². The van der Waals surface area contributed by atoms with Gasteiger partial charge in [0, 0.05) is 13.0 Å². The molecule has 2 aliphatic rings. The molecule has 0 aromatic heterocycles. The van der Waals surface area contributed by atoms with Crippen LogP contribution in [0.25, 0.3) is 0 Å². The van der Waals surface area contributed by atoms with Crippen LogP contribution in [0.2, 0.25) is 0 Å². The van der Waals surface area contributed by atoms with Crippen molar-refractivity contribution in [3.63, 3.8) is 0 Å². The minimum atomic E-state index is -0.281. The molecule has 0 aromatic carbocycles. The van der Waals surface area contributed by atoms with Crippen LogP contribution in [0.5, 0.6) is 0 Å². The third-order valence-electron chi connectivity index (χ3n) is 3.15. The lowest BCUT2D eigenvalue weighted by Gasteiger charge is -2.31. The van der Waals surface area contributed by atoms with Crippen molar-refractivity contribution < 1.29 is 14.6 Å². The maximum atomic E-state index is 9.67. The Morgan fingerprint density at radius 1 is 1.46 bits per heavy atom. The number of rotatable bonds is 2. The maximum absolute atomic E-state index is 9.67. The summed E-state index contributed by atoms with van der Waals surface area (Å²) in [5.74, 6) is 0.422. The van der Waals surface area contributed by atoms with E-state index in [0.717, 1.165) is 19.4 Å². The Kier molecular flexibility index (Phi) is 2.58. The van der Waals surface area contributed by atoms with Crippen LogP contribution >= 0.6 is 0 Å². The lowest BCUT2D eigenvalue weighted by Crippen LogP contribution is -2.38. The fourth-order valence-electron chi connectivity index (χ4n) is 2.50. The second-order valence-electron chi connectivity index (χ2n) is 4.15. The summed E-state index contributed by atoms with van der Waals surface area (Å²) in [7, 11) is 0. The van der Waals surface area contributed by atoms with Gasteiger partial charge in [-0.15, -0.1) is 0 Å². The minimum absolute atomic E-state index is 0.0257. The van der Waals surface area contributed by atoms with E-state index in [-0.39, 0.29) is 24.4 Å². The Balaban J connectivity index is 2.03. The first-order chi connectivity index (χ1) is 6.22. The zero-order valence-corrected chi connectivity index (χ0v) is 8.27. The van der Waals surface area contributed by atoms with Gasteiger partial charge in [0.15, 0.2) is 0 Å². The summed E-state index contributed by atoms with van der Waals surface area (Å²) in [6.07, 6.45) is 1.90. The number of hydrogen-bond acceptors (Lipinski definition) is 3. The Labute approximate surface area is 79.0 Å². The molecule has 3 heteroatoms. The molecule has 3 nitrogen and oxygen atoms in total. The smallest absolute Gasteiger partial charge is 0.0869 e. The van der Waals surface area contributed by atoms with Crippen molar-refractivity contribution in [2.24, 2.45) is 5.92 Å². The molecule has 1 N–H and O–H groups in total. The van der Waals surface area contributed by atoms with E-state index < -0.39 is 0 Å². The summed E-state index contributed by atoms with van der Waals surface area (Å²) in [4.78, 5) is 0. The summed E-state index contributed by atoms with van der Waals surface area (Å²) >= 11 is 0. The summed E-state index contributed by atoms with van der Waals surface area (Å²) in [6.45, 7) is 4.87. The van der Waals surface area contributed by atoms with Crippen LogP contribution in [0.4, 0.5) is 0 Å². The highest BCUT2D eigenvalue weighted by atomic mass is 16.6. The van der Waals surface area contributed by atoms with E-state index in [4.69, 9.17) is 9.47 Å². The minimum Gasteiger partial charge on any atom is -0.390 e. The molecule has 0 saturated carbocycles. The predicted molar refractivity (Wildman–Crippen MR) is 48.5 cm³/mol. The van der Waals surface area contributed by atoms with Crippen LogP contribution in [0.15, 0.2) is 0 Å². The number of ether oxygens (including phenoxy) is 2. The zero-order chi connectivity index (χ0) is 9.42. The molecule has 0 aliphatic carbocycles. The molecule has 2 aliphatic heterocycles. The molecule has 2 bridgehead atoms. The van der Waals surface area contributed by atoms with E-state index in [1.54, 1.807) is 0 Å². The van der Waals surface area contributed by atoms with Gasteiger partial charge in [-0.3, -0.25) is 0 Å². The van der Waals surface area contributed by atoms with Crippen LogP contribution in [-0.2, 0) is 9.47 Å². The number of aliphatic hydroxyl groups is 1. The average molecular weight is 186 g/mol. The van der Waals surface area contributed by atoms with Crippen molar-refractivity contribution in [1.82, 2.24) is 0 Å². The van der Waals surface area contributed by atoms with Crippen molar-refractivity contribution >= 4 is 0 Å². The van der Waals surface area contributed by atoms with Gasteiger partial charge in [0.25, 0.3) is 0 Å². The van der Waals surface area contributed by atoms with Crippen molar-refractivity contribution in [2.45, 2.75) is 51.1 Å². The predicted octanol–water partition coefficient (Wildman–Crippen LogP) is 0.950. The van der Waals surface area contributed by atoms with Gasteiger partial charge in [-0.05, 0) is 19.3 Å². The van der Waals surface area contributed by atoms with Crippen LogP contribution in [0, 0.1) is 5.92 Å². The maximum Gasteiger partial charge on any atom is 0.0869 e.